The van der Waals surface area contributed by atoms with Gasteiger partial charge in [-0.2, -0.15) is 0 Å². The molecule has 31 heavy (non-hydrogen) atoms. The summed E-state index contributed by atoms with van der Waals surface area (Å²) in [6.45, 7) is 9.68. The maximum Gasteiger partial charge on any atom is 0.328 e. The number of thiocarbonyl (C=S) groups is 1. The van der Waals surface area contributed by atoms with Gasteiger partial charge >= 0.3 is 5.97 Å². The Bertz CT molecular complexity index is 770. The molecule has 0 aliphatic carbocycles. The van der Waals surface area contributed by atoms with Crippen LogP contribution in [0.4, 0.5) is 4.39 Å². The zero-order valence-corrected chi connectivity index (χ0v) is 19.9. The standard InChI is InChI=1S/C23H34FN3O3S/c1-15(2)12-19(22(29)30-5)25-23(31)27-11-10-26(21(28)20(27)13-16(3)4)14-17-6-8-18(24)9-7-17/h6-9,15-16,19-20H,10-14H2,1-5H3,(H,25,31)/t19-,20-/m0/s1. The molecular formula is C23H34FN3O3S. The van der Waals surface area contributed by atoms with Crippen molar-refractivity contribution in [3.8, 4) is 0 Å². The van der Waals surface area contributed by atoms with Crippen molar-refractivity contribution in [1.82, 2.24) is 15.1 Å². The SMILES string of the molecule is COC(=O)[C@H](CC(C)C)NC(=S)N1CCN(Cc2ccc(F)cc2)C(=O)[C@@H]1CC(C)C. The lowest BCUT2D eigenvalue weighted by atomic mass is 9.99. The molecule has 1 N–H and O–H groups in total. The van der Waals surface area contributed by atoms with Crippen molar-refractivity contribution in [3.05, 3.63) is 35.6 Å². The second-order valence-corrected chi connectivity index (χ2v) is 9.27. The van der Waals surface area contributed by atoms with Crippen LogP contribution in [-0.2, 0) is 20.9 Å². The van der Waals surface area contributed by atoms with Gasteiger partial charge < -0.3 is 19.9 Å². The number of nitrogens with zero attached hydrogens (tertiary/aromatic N) is 2. The number of carbonyl (C=O) groups is 2. The van der Waals surface area contributed by atoms with Gasteiger partial charge in [0, 0.05) is 19.6 Å². The number of benzene rings is 1. The summed E-state index contributed by atoms with van der Waals surface area (Å²) in [6, 6.07) is 5.25. The van der Waals surface area contributed by atoms with Gasteiger partial charge in [-0.1, -0.05) is 39.8 Å². The van der Waals surface area contributed by atoms with Crippen molar-refractivity contribution in [2.45, 2.75) is 59.2 Å². The Morgan fingerprint density at radius 2 is 1.84 bits per heavy atom. The predicted molar refractivity (Wildman–Crippen MR) is 123 cm³/mol. The van der Waals surface area contributed by atoms with Crippen molar-refractivity contribution in [3.63, 3.8) is 0 Å². The Morgan fingerprint density at radius 3 is 2.39 bits per heavy atom. The van der Waals surface area contributed by atoms with Crippen molar-refractivity contribution in [2.24, 2.45) is 11.8 Å². The number of carbonyl (C=O) groups excluding carboxylic acids is 2. The van der Waals surface area contributed by atoms with Crippen molar-refractivity contribution in [1.29, 1.82) is 0 Å². The van der Waals surface area contributed by atoms with Crippen LogP contribution in [0.25, 0.3) is 0 Å². The number of rotatable bonds is 8. The molecule has 2 atom stereocenters. The van der Waals surface area contributed by atoms with E-state index >= 15 is 0 Å². The van der Waals surface area contributed by atoms with Crippen molar-refractivity contribution in [2.75, 3.05) is 20.2 Å². The van der Waals surface area contributed by atoms with Gasteiger partial charge in [-0.3, -0.25) is 4.79 Å². The lowest BCUT2D eigenvalue weighted by Gasteiger charge is -2.43. The minimum atomic E-state index is -0.551. The maximum atomic E-state index is 13.3. The molecule has 1 aliphatic heterocycles. The molecular weight excluding hydrogens is 417 g/mol. The molecule has 0 bridgehead atoms. The molecule has 1 fully saturated rings. The summed E-state index contributed by atoms with van der Waals surface area (Å²) in [5, 5.41) is 3.53. The minimum absolute atomic E-state index is 0.00750. The van der Waals surface area contributed by atoms with Crippen LogP contribution < -0.4 is 5.32 Å². The maximum absolute atomic E-state index is 13.3. The van der Waals surface area contributed by atoms with Gasteiger partial charge in [0.15, 0.2) is 5.11 Å². The van der Waals surface area contributed by atoms with E-state index in [1.807, 2.05) is 18.7 Å². The largest absolute Gasteiger partial charge is 0.467 e. The van der Waals surface area contributed by atoms with Crippen molar-refractivity contribution >= 4 is 29.2 Å². The van der Waals surface area contributed by atoms with Crippen LogP contribution in [0.5, 0.6) is 0 Å². The second kappa shape index (κ2) is 11.4. The fourth-order valence-electron chi connectivity index (χ4n) is 3.78. The normalized spacial score (nSPS) is 17.8. The average molecular weight is 452 g/mol. The van der Waals surface area contributed by atoms with E-state index in [0.717, 1.165) is 5.56 Å². The summed E-state index contributed by atoms with van der Waals surface area (Å²) in [4.78, 5) is 29.2. The molecule has 1 aromatic rings. The molecule has 0 unspecified atom stereocenters. The lowest BCUT2D eigenvalue weighted by molar-refractivity contribution is -0.143. The smallest absolute Gasteiger partial charge is 0.328 e. The third-order valence-electron chi connectivity index (χ3n) is 5.32. The van der Waals surface area contributed by atoms with Gasteiger partial charge in [0.2, 0.25) is 5.91 Å². The molecule has 0 radical (unpaired) electrons. The summed E-state index contributed by atoms with van der Waals surface area (Å²) >= 11 is 5.63. The highest BCUT2D eigenvalue weighted by Crippen LogP contribution is 2.21. The van der Waals surface area contributed by atoms with Gasteiger partial charge in [-0.25, -0.2) is 9.18 Å². The first kappa shape index (κ1) is 25.0. The molecule has 0 spiro atoms. The lowest BCUT2D eigenvalue weighted by Crippen LogP contribution is -2.62. The van der Waals surface area contributed by atoms with E-state index in [1.54, 1.807) is 17.0 Å². The first-order chi connectivity index (χ1) is 14.6. The highest BCUT2D eigenvalue weighted by molar-refractivity contribution is 7.80. The Labute approximate surface area is 190 Å². The minimum Gasteiger partial charge on any atom is -0.467 e. The fourth-order valence-corrected chi connectivity index (χ4v) is 4.14. The summed E-state index contributed by atoms with van der Waals surface area (Å²) < 4.78 is 18.1. The van der Waals surface area contributed by atoms with Crippen LogP contribution in [0.15, 0.2) is 24.3 Å². The van der Waals surface area contributed by atoms with E-state index < -0.39 is 12.1 Å². The Balaban J connectivity index is 2.15. The zero-order chi connectivity index (χ0) is 23.1. The first-order valence-electron chi connectivity index (χ1n) is 10.8. The molecule has 1 aliphatic rings. The summed E-state index contributed by atoms with van der Waals surface area (Å²) in [5.74, 6) is -0.0997. The molecule has 0 saturated carbocycles. The van der Waals surface area contributed by atoms with E-state index in [1.165, 1.54) is 19.2 Å². The van der Waals surface area contributed by atoms with Crippen molar-refractivity contribution < 1.29 is 18.7 Å². The zero-order valence-electron chi connectivity index (χ0n) is 19.1. The molecule has 172 valence electrons. The van der Waals surface area contributed by atoms with Gasteiger partial charge in [0.25, 0.3) is 0 Å². The van der Waals surface area contributed by atoms with E-state index in [4.69, 9.17) is 17.0 Å². The van der Waals surface area contributed by atoms with E-state index in [9.17, 15) is 14.0 Å². The first-order valence-corrected chi connectivity index (χ1v) is 11.2. The second-order valence-electron chi connectivity index (χ2n) is 8.88. The number of piperazine rings is 1. The van der Waals surface area contributed by atoms with Gasteiger partial charge in [-0.15, -0.1) is 0 Å². The topological polar surface area (TPSA) is 61.9 Å². The quantitative estimate of drug-likeness (QED) is 0.483. The molecule has 8 heteroatoms. The van der Waals surface area contributed by atoms with Gasteiger partial charge in [0.05, 0.1) is 7.11 Å². The van der Waals surface area contributed by atoms with E-state index in [2.05, 4.69) is 19.2 Å². The van der Waals surface area contributed by atoms with Crippen LogP contribution in [0.1, 0.15) is 46.1 Å². The number of hydrogen-bond acceptors (Lipinski definition) is 4. The predicted octanol–water partition coefficient (Wildman–Crippen LogP) is 3.35. The fraction of sp³-hybridized carbons (Fsp3) is 0.609. The van der Waals surface area contributed by atoms with Crippen LogP contribution in [0, 0.1) is 17.7 Å². The number of ether oxygens (including phenoxy) is 1. The number of halogens is 1. The van der Waals surface area contributed by atoms with E-state index in [0.29, 0.717) is 37.6 Å². The summed E-state index contributed by atoms with van der Waals surface area (Å²) in [5.41, 5.74) is 0.884. The number of amides is 1. The summed E-state index contributed by atoms with van der Waals surface area (Å²) in [6.07, 6.45) is 1.23. The van der Waals surface area contributed by atoms with Crippen LogP contribution >= 0.6 is 12.2 Å². The third kappa shape index (κ3) is 7.16. The van der Waals surface area contributed by atoms with E-state index in [-0.39, 0.29) is 29.5 Å². The van der Waals surface area contributed by atoms with Crippen LogP contribution in [0.2, 0.25) is 0 Å². The number of methoxy groups -OCH3 is 1. The molecule has 1 heterocycles. The highest BCUT2D eigenvalue weighted by Gasteiger charge is 2.37. The molecule has 1 aromatic carbocycles. The number of nitrogens with one attached hydrogen (secondary N) is 1. The number of hydrogen-bond donors (Lipinski definition) is 1. The monoisotopic (exact) mass is 451 g/mol. The van der Waals surface area contributed by atoms with Crippen LogP contribution in [0.3, 0.4) is 0 Å². The molecule has 0 aromatic heterocycles. The number of esters is 1. The van der Waals surface area contributed by atoms with Crippen LogP contribution in [-0.4, -0.2) is 59.1 Å². The third-order valence-corrected chi connectivity index (χ3v) is 5.67. The Hall–Kier alpha value is -2.22. The molecule has 2 rings (SSSR count). The Morgan fingerprint density at radius 1 is 1.19 bits per heavy atom. The molecule has 6 nitrogen and oxygen atoms in total. The highest BCUT2D eigenvalue weighted by atomic mass is 32.1. The molecule has 1 saturated heterocycles. The summed E-state index contributed by atoms with van der Waals surface area (Å²) in [7, 11) is 1.36. The Kier molecular flexibility index (Phi) is 9.22. The average Bonchev–Trinajstić information content (AvgIpc) is 2.70. The molecule has 1 amide bonds. The van der Waals surface area contributed by atoms with Gasteiger partial charge in [-0.05, 0) is 54.6 Å². The van der Waals surface area contributed by atoms with Gasteiger partial charge in [0.1, 0.15) is 17.9 Å².